The summed E-state index contributed by atoms with van der Waals surface area (Å²) in [5.74, 6) is -0.830. The van der Waals surface area contributed by atoms with Crippen LogP contribution < -0.4 is 0 Å². The number of aliphatic carboxylic acids is 1. The van der Waals surface area contributed by atoms with Gasteiger partial charge in [-0.2, -0.15) is 0 Å². The van der Waals surface area contributed by atoms with E-state index in [4.69, 9.17) is 5.11 Å². The first-order valence-corrected chi connectivity index (χ1v) is 7.94. The Bertz CT molecular complexity index is 173. The van der Waals surface area contributed by atoms with Crippen molar-refractivity contribution >= 4 is 20.6 Å². The fourth-order valence-corrected chi connectivity index (χ4v) is 5.56. The summed E-state index contributed by atoms with van der Waals surface area (Å²) in [6, 6.07) is 0. The van der Waals surface area contributed by atoms with E-state index in [-0.39, 0.29) is 4.71 Å². The standard InChI is InChI=1S/C9H17AsO2/c1-5-10(6-2)8(4)7(3)9(11)12/h8H,3,5-6H2,1-2,4H3,(H,11,12). The minimum absolute atomic E-state index is 0.241. The third kappa shape index (κ3) is 3.02. The van der Waals surface area contributed by atoms with Crippen LogP contribution in [0.2, 0.25) is 15.1 Å². The molecule has 0 spiro atoms. The van der Waals surface area contributed by atoms with Crippen LogP contribution in [0, 0.1) is 0 Å². The SMILES string of the molecule is C=C(C(=O)O)C(C)[As](CC)CC. The zero-order valence-electron chi connectivity index (χ0n) is 8.00. The molecule has 0 saturated heterocycles. The van der Waals surface area contributed by atoms with Crippen LogP contribution in [0.25, 0.3) is 0 Å². The average molecular weight is 232 g/mol. The third-order valence-corrected chi connectivity index (χ3v) is 8.50. The predicted molar refractivity (Wildman–Crippen MR) is 52.9 cm³/mol. The van der Waals surface area contributed by atoms with E-state index in [0.29, 0.717) is 5.57 Å². The Balaban J connectivity index is 4.25. The number of hydrogen-bond donors (Lipinski definition) is 1. The van der Waals surface area contributed by atoms with Crippen molar-refractivity contribution in [2.45, 2.75) is 35.9 Å². The van der Waals surface area contributed by atoms with Gasteiger partial charge in [0.15, 0.2) is 0 Å². The Morgan fingerprint density at radius 3 is 2.17 bits per heavy atom. The Labute approximate surface area is 78.9 Å². The van der Waals surface area contributed by atoms with Crippen LogP contribution >= 0.6 is 0 Å². The van der Waals surface area contributed by atoms with E-state index in [1.54, 1.807) is 0 Å². The van der Waals surface area contributed by atoms with Gasteiger partial charge in [-0.15, -0.1) is 0 Å². The molecule has 0 aromatic heterocycles. The number of hydrogen-bond acceptors (Lipinski definition) is 1. The van der Waals surface area contributed by atoms with Crippen LogP contribution in [0.5, 0.6) is 0 Å². The van der Waals surface area contributed by atoms with Gasteiger partial charge in [0.2, 0.25) is 0 Å². The summed E-state index contributed by atoms with van der Waals surface area (Å²) in [7, 11) is 0. The van der Waals surface area contributed by atoms with Gasteiger partial charge < -0.3 is 0 Å². The molecule has 0 aromatic rings. The second-order valence-corrected chi connectivity index (χ2v) is 9.48. The van der Waals surface area contributed by atoms with E-state index in [1.807, 2.05) is 6.92 Å². The van der Waals surface area contributed by atoms with E-state index in [9.17, 15) is 4.79 Å². The van der Waals surface area contributed by atoms with Crippen molar-refractivity contribution in [3.63, 3.8) is 0 Å². The molecule has 1 atom stereocenters. The molecule has 0 heterocycles. The topological polar surface area (TPSA) is 37.3 Å². The van der Waals surface area contributed by atoms with Gasteiger partial charge in [-0.3, -0.25) is 0 Å². The van der Waals surface area contributed by atoms with E-state index in [2.05, 4.69) is 20.4 Å². The molecule has 1 unspecified atom stereocenters. The van der Waals surface area contributed by atoms with Crippen LogP contribution in [-0.4, -0.2) is 25.7 Å². The summed E-state index contributed by atoms with van der Waals surface area (Å²) < 4.78 is 0.241. The maximum atomic E-state index is 10.6. The number of carboxylic acid groups (broad SMARTS) is 1. The Hall–Kier alpha value is -0.232. The summed E-state index contributed by atoms with van der Waals surface area (Å²) in [5, 5.41) is 11.0. The molecule has 0 aromatic carbocycles. The van der Waals surface area contributed by atoms with Crippen LogP contribution in [-0.2, 0) is 4.79 Å². The second kappa shape index (κ2) is 5.42. The van der Waals surface area contributed by atoms with Gasteiger partial charge in [0.1, 0.15) is 0 Å². The van der Waals surface area contributed by atoms with Crippen molar-refractivity contribution in [1.29, 1.82) is 0 Å². The molecule has 1 N–H and O–H groups in total. The number of carbonyl (C=O) groups is 1. The molecule has 0 fully saturated rings. The fourth-order valence-electron chi connectivity index (χ4n) is 1.17. The zero-order chi connectivity index (χ0) is 9.72. The Morgan fingerprint density at radius 1 is 1.50 bits per heavy atom. The quantitative estimate of drug-likeness (QED) is 0.584. The Morgan fingerprint density at radius 2 is 1.92 bits per heavy atom. The van der Waals surface area contributed by atoms with Gasteiger partial charge >= 0.3 is 78.6 Å². The fraction of sp³-hybridized carbons (Fsp3) is 0.667. The van der Waals surface area contributed by atoms with Crippen LogP contribution in [0.3, 0.4) is 0 Å². The summed E-state index contributed by atoms with van der Waals surface area (Å²) in [6.45, 7) is 9.91. The normalized spacial score (nSPS) is 13.0. The summed E-state index contributed by atoms with van der Waals surface area (Å²) in [6.07, 6.45) is 0. The Kier molecular flexibility index (Phi) is 5.32. The molecule has 0 bridgehead atoms. The molecule has 3 heteroatoms. The second-order valence-electron chi connectivity index (χ2n) is 2.73. The minimum atomic E-state index is -0.947. The first kappa shape index (κ1) is 11.8. The molecular formula is C9H17AsO2. The summed E-state index contributed by atoms with van der Waals surface area (Å²) in [5.41, 5.74) is 0.402. The maximum absolute atomic E-state index is 10.6. The molecular weight excluding hydrogens is 215 g/mol. The summed E-state index contributed by atoms with van der Waals surface area (Å²) >= 11 is -0.947. The predicted octanol–water partition coefficient (Wildman–Crippen LogP) is 2.55. The average Bonchev–Trinajstić information content (AvgIpc) is 2.05. The van der Waals surface area contributed by atoms with Crippen LogP contribution in [0.1, 0.15) is 20.8 Å². The van der Waals surface area contributed by atoms with E-state index < -0.39 is 20.6 Å². The molecule has 0 aliphatic rings. The molecule has 0 aliphatic heterocycles. The monoisotopic (exact) mass is 232 g/mol. The first-order chi connectivity index (χ1) is 5.54. The molecule has 2 nitrogen and oxygen atoms in total. The summed E-state index contributed by atoms with van der Waals surface area (Å²) in [4.78, 5) is 10.6. The van der Waals surface area contributed by atoms with Gasteiger partial charge in [0, 0.05) is 0 Å². The number of carboxylic acids is 1. The van der Waals surface area contributed by atoms with E-state index in [1.165, 1.54) is 0 Å². The van der Waals surface area contributed by atoms with E-state index >= 15 is 0 Å². The van der Waals surface area contributed by atoms with Crippen molar-refractivity contribution in [3.8, 4) is 0 Å². The molecule has 12 heavy (non-hydrogen) atoms. The first-order valence-electron chi connectivity index (χ1n) is 4.20. The van der Waals surface area contributed by atoms with Crippen LogP contribution in [0.4, 0.5) is 0 Å². The van der Waals surface area contributed by atoms with Crippen molar-refractivity contribution in [3.05, 3.63) is 12.2 Å². The van der Waals surface area contributed by atoms with Gasteiger partial charge in [0.05, 0.1) is 0 Å². The van der Waals surface area contributed by atoms with Crippen molar-refractivity contribution in [1.82, 2.24) is 0 Å². The molecule has 0 saturated carbocycles. The van der Waals surface area contributed by atoms with Gasteiger partial charge in [-0.05, 0) is 0 Å². The van der Waals surface area contributed by atoms with Gasteiger partial charge in [0.25, 0.3) is 0 Å². The molecule has 70 valence electrons. The van der Waals surface area contributed by atoms with E-state index in [0.717, 1.165) is 10.4 Å². The number of rotatable bonds is 5. The molecule has 0 rings (SSSR count). The molecule has 0 aliphatic carbocycles. The van der Waals surface area contributed by atoms with Gasteiger partial charge in [-0.25, -0.2) is 0 Å². The molecule has 0 radical (unpaired) electrons. The van der Waals surface area contributed by atoms with Crippen molar-refractivity contribution in [2.75, 3.05) is 0 Å². The molecule has 0 amide bonds. The van der Waals surface area contributed by atoms with Crippen molar-refractivity contribution < 1.29 is 9.90 Å². The van der Waals surface area contributed by atoms with Crippen LogP contribution in [0.15, 0.2) is 12.2 Å². The zero-order valence-corrected chi connectivity index (χ0v) is 9.88. The van der Waals surface area contributed by atoms with Gasteiger partial charge in [-0.1, -0.05) is 0 Å². The van der Waals surface area contributed by atoms with Crippen molar-refractivity contribution in [2.24, 2.45) is 0 Å². The third-order valence-electron chi connectivity index (χ3n) is 2.14.